The Morgan fingerprint density at radius 3 is 2.67 bits per heavy atom. The van der Waals surface area contributed by atoms with Crippen molar-refractivity contribution in [2.45, 2.75) is 19.4 Å². The number of amides is 1. The van der Waals surface area contributed by atoms with Gasteiger partial charge in [0.2, 0.25) is 5.78 Å². The van der Waals surface area contributed by atoms with Crippen LogP contribution in [0.25, 0.3) is 22.3 Å². The highest BCUT2D eigenvalue weighted by molar-refractivity contribution is 6.30. The number of rotatable bonds is 5. The van der Waals surface area contributed by atoms with E-state index in [1.807, 2.05) is 25.1 Å². The number of fused-ring (bicyclic) bond motifs is 2. The number of anilines is 1. The van der Waals surface area contributed by atoms with Gasteiger partial charge in [0, 0.05) is 34.0 Å². The molecule has 3 heterocycles. The lowest BCUT2D eigenvalue weighted by molar-refractivity contribution is 0.101. The molecule has 5 aromatic rings. The van der Waals surface area contributed by atoms with Crippen LogP contribution in [0.1, 0.15) is 39.1 Å². The van der Waals surface area contributed by atoms with E-state index in [4.69, 9.17) is 25.3 Å². The molecule has 0 bridgehead atoms. The molecule has 0 radical (unpaired) electrons. The number of carbonyl (C=O) groups excluding carboxylic acids is 2. The van der Waals surface area contributed by atoms with Crippen molar-refractivity contribution in [3.05, 3.63) is 100 Å². The van der Waals surface area contributed by atoms with Crippen LogP contribution in [0.5, 0.6) is 5.75 Å². The Bertz CT molecular complexity index is 1630. The molecule has 36 heavy (non-hydrogen) atoms. The lowest BCUT2D eigenvalue weighted by Crippen LogP contribution is -2.14. The second kappa shape index (κ2) is 8.70. The smallest absolute Gasteiger partial charge is 0.277 e. The third-order valence-corrected chi connectivity index (χ3v) is 6.32. The highest BCUT2D eigenvalue weighted by atomic mass is 35.5. The van der Waals surface area contributed by atoms with Crippen LogP contribution in [0, 0.1) is 0 Å². The molecule has 0 aliphatic carbocycles. The Hall–Kier alpha value is -4.36. The number of hydrogen-bond acceptors (Lipinski definition) is 6. The molecule has 3 aromatic carbocycles. The average molecular weight is 499 g/mol. The number of nitrogens with zero attached hydrogens (tertiary/aromatic N) is 1. The van der Waals surface area contributed by atoms with Gasteiger partial charge in [-0.25, -0.2) is 0 Å². The number of benzene rings is 3. The fourth-order valence-corrected chi connectivity index (χ4v) is 4.46. The lowest BCUT2D eigenvalue weighted by Gasteiger charge is -2.04. The quantitative estimate of drug-likeness (QED) is 0.276. The van der Waals surface area contributed by atoms with Crippen LogP contribution >= 0.6 is 11.6 Å². The molecule has 0 fully saturated rings. The molecule has 6 rings (SSSR count). The molecule has 1 unspecified atom stereocenters. The summed E-state index contributed by atoms with van der Waals surface area (Å²) in [7, 11) is 0. The number of aromatic nitrogens is 1. The Morgan fingerprint density at radius 1 is 1.03 bits per heavy atom. The molecule has 0 saturated carbocycles. The third-order valence-electron chi connectivity index (χ3n) is 6.07. The number of nitrogens with one attached hydrogen (secondary N) is 1. The summed E-state index contributed by atoms with van der Waals surface area (Å²) < 4.78 is 17.1. The summed E-state index contributed by atoms with van der Waals surface area (Å²) >= 11 is 5.96. The van der Waals surface area contributed by atoms with E-state index in [0.29, 0.717) is 27.3 Å². The van der Waals surface area contributed by atoms with Crippen LogP contribution in [0.15, 0.2) is 81.7 Å². The van der Waals surface area contributed by atoms with E-state index in [0.717, 1.165) is 23.3 Å². The number of carbonyl (C=O) groups is 2. The van der Waals surface area contributed by atoms with Crippen molar-refractivity contribution in [2.75, 3.05) is 5.32 Å². The van der Waals surface area contributed by atoms with Crippen molar-refractivity contribution in [2.24, 2.45) is 0 Å². The summed E-state index contributed by atoms with van der Waals surface area (Å²) in [5, 5.41) is 7.87. The van der Waals surface area contributed by atoms with Gasteiger partial charge in [-0.1, -0.05) is 28.9 Å². The molecule has 0 spiro atoms. The molecular formula is C28H19ClN2O5. The first-order valence-electron chi connectivity index (χ1n) is 11.4. The van der Waals surface area contributed by atoms with Crippen LogP contribution in [-0.4, -0.2) is 23.0 Å². The average Bonchev–Trinajstić information content (AvgIpc) is 3.60. The topological polar surface area (TPSA) is 94.6 Å². The van der Waals surface area contributed by atoms with Crippen molar-refractivity contribution < 1.29 is 23.3 Å². The van der Waals surface area contributed by atoms with Gasteiger partial charge in [0.25, 0.3) is 5.91 Å². The first kappa shape index (κ1) is 22.1. The fraction of sp³-hybridized carbons (Fsp3) is 0.107. The van der Waals surface area contributed by atoms with Gasteiger partial charge in [-0.3, -0.25) is 9.59 Å². The van der Waals surface area contributed by atoms with Gasteiger partial charge in [-0.15, -0.1) is 0 Å². The maximum atomic E-state index is 13.2. The first-order valence-corrected chi connectivity index (χ1v) is 11.7. The van der Waals surface area contributed by atoms with Crippen LogP contribution in [0.3, 0.4) is 0 Å². The minimum atomic E-state index is -0.528. The van der Waals surface area contributed by atoms with Gasteiger partial charge in [-0.2, -0.15) is 0 Å². The predicted octanol–water partition coefficient (Wildman–Crippen LogP) is 6.55. The van der Waals surface area contributed by atoms with E-state index < -0.39 is 5.91 Å². The van der Waals surface area contributed by atoms with Gasteiger partial charge < -0.3 is 19.0 Å². The van der Waals surface area contributed by atoms with Crippen molar-refractivity contribution in [3.8, 4) is 17.1 Å². The number of hydrogen-bond donors (Lipinski definition) is 1. The number of ketones is 1. The van der Waals surface area contributed by atoms with E-state index in [1.165, 1.54) is 0 Å². The monoisotopic (exact) mass is 498 g/mol. The summed E-state index contributed by atoms with van der Waals surface area (Å²) in [4.78, 5) is 26.4. The highest BCUT2D eigenvalue weighted by Gasteiger charge is 2.25. The van der Waals surface area contributed by atoms with E-state index in [9.17, 15) is 9.59 Å². The molecule has 7 nitrogen and oxygen atoms in total. The molecule has 1 amide bonds. The molecular weight excluding hydrogens is 480 g/mol. The van der Waals surface area contributed by atoms with E-state index in [1.54, 1.807) is 54.6 Å². The second-order valence-corrected chi connectivity index (χ2v) is 9.06. The van der Waals surface area contributed by atoms with E-state index in [2.05, 4.69) is 10.5 Å². The standard InChI is InChI=1S/C28H19ClN2O5/c1-15-12-18-13-17(8-11-22(18)34-15)24-14-21(31-36-24)28(33)30-25-20-4-2-3-5-23(20)35-27(25)26(32)16-6-9-19(29)10-7-16/h2-11,13-15H,12H2,1H3,(H,30,33). The van der Waals surface area contributed by atoms with Gasteiger partial charge in [0.05, 0.1) is 5.69 Å². The van der Waals surface area contributed by atoms with Crippen molar-refractivity contribution in [1.29, 1.82) is 0 Å². The molecule has 2 aromatic heterocycles. The number of halogens is 1. The Kier molecular flexibility index (Phi) is 5.34. The first-order chi connectivity index (χ1) is 17.5. The minimum absolute atomic E-state index is 0.0170. The molecule has 1 aliphatic heterocycles. The maximum Gasteiger partial charge on any atom is 0.277 e. The van der Waals surface area contributed by atoms with Gasteiger partial charge >= 0.3 is 0 Å². The maximum absolute atomic E-state index is 13.2. The zero-order valence-electron chi connectivity index (χ0n) is 19.1. The second-order valence-electron chi connectivity index (χ2n) is 8.62. The number of furan rings is 1. The summed E-state index contributed by atoms with van der Waals surface area (Å²) in [5.41, 5.74) is 3.07. The van der Waals surface area contributed by atoms with Gasteiger partial charge in [0.1, 0.15) is 17.4 Å². The van der Waals surface area contributed by atoms with Crippen molar-refractivity contribution in [1.82, 2.24) is 5.16 Å². The van der Waals surface area contributed by atoms with Crippen LogP contribution < -0.4 is 10.1 Å². The highest BCUT2D eigenvalue weighted by Crippen LogP contribution is 2.35. The molecule has 178 valence electrons. The summed E-state index contributed by atoms with van der Waals surface area (Å²) in [6.07, 6.45) is 0.934. The minimum Gasteiger partial charge on any atom is -0.490 e. The molecule has 0 saturated heterocycles. The molecule has 1 aliphatic rings. The van der Waals surface area contributed by atoms with E-state index >= 15 is 0 Å². The Labute approximate surface area is 210 Å². The molecule has 8 heteroatoms. The number of para-hydroxylation sites is 1. The van der Waals surface area contributed by atoms with Crippen LogP contribution in [-0.2, 0) is 6.42 Å². The molecule has 1 atom stereocenters. The predicted molar refractivity (Wildman–Crippen MR) is 135 cm³/mol. The zero-order valence-corrected chi connectivity index (χ0v) is 19.8. The SMILES string of the molecule is CC1Cc2cc(-c3cc(C(=O)Nc4c(C(=O)c5ccc(Cl)cc5)oc5ccccc45)no3)ccc2O1. The van der Waals surface area contributed by atoms with Gasteiger partial charge in [0.15, 0.2) is 17.2 Å². The summed E-state index contributed by atoms with van der Waals surface area (Å²) in [5.74, 6) is 0.419. The van der Waals surface area contributed by atoms with E-state index in [-0.39, 0.29) is 29.0 Å². The normalized spacial score (nSPS) is 14.4. The molecule has 1 N–H and O–H groups in total. The zero-order chi connectivity index (χ0) is 24.8. The number of ether oxygens (including phenoxy) is 1. The van der Waals surface area contributed by atoms with Crippen LogP contribution in [0.4, 0.5) is 5.69 Å². The Morgan fingerprint density at radius 2 is 1.83 bits per heavy atom. The van der Waals surface area contributed by atoms with Crippen molar-refractivity contribution in [3.63, 3.8) is 0 Å². The third kappa shape index (κ3) is 3.93. The lowest BCUT2D eigenvalue weighted by atomic mass is 10.1. The Balaban J connectivity index is 1.31. The largest absolute Gasteiger partial charge is 0.490 e. The summed E-state index contributed by atoms with van der Waals surface area (Å²) in [6.45, 7) is 2.02. The fourth-order valence-electron chi connectivity index (χ4n) is 4.33. The summed E-state index contributed by atoms with van der Waals surface area (Å²) in [6, 6.07) is 20.9. The van der Waals surface area contributed by atoms with Crippen LogP contribution in [0.2, 0.25) is 5.02 Å². The van der Waals surface area contributed by atoms with Gasteiger partial charge in [-0.05, 0) is 67.1 Å². The van der Waals surface area contributed by atoms with Crippen molar-refractivity contribution >= 4 is 39.9 Å².